The number of aliphatic hydroxyl groups excluding tert-OH is 1. The van der Waals surface area contributed by atoms with Crippen molar-refractivity contribution in [3.8, 4) is 23.4 Å². The first-order chi connectivity index (χ1) is 68.9. The van der Waals surface area contributed by atoms with Gasteiger partial charge in [-0.1, -0.05) is 156 Å². The number of allylic oxidation sites excluding steroid dienone is 1. The summed E-state index contributed by atoms with van der Waals surface area (Å²) in [5, 5.41) is 50.0. The van der Waals surface area contributed by atoms with Gasteiger partial charge < -0.3 is 71.6 Å². The molecule has 143 heavy (non-hydrogen) atoms. The lowest BCUT2D eigenvalue weighted by Crippen LogP contribution is -2.45. The Labute approximate surface area is 831 Å². The Morgan fingerprint density at radius 1 is 0.755 bits per heavy atom. The Hall–Kier alpha value is -14.5. The summed E-state index contributed by atoms with van der Waals surface area (Å²) in [5.41, 5.74) is 24.8. The minimum atomic E-state index is -3.91. The number of aromatic amines is 1. The molecule has 4 amide bonds. The van der Waals surface area contributed by atoms with Gasteiger partial charge in [0, 0.05) is 124 Å². The third-order valence-electron chi connectivity index (χ3n) is 24.6. The molecule has 0 spiro atoms. The number of fused-ring (bicyclic) bond motifs is 5. The SMILES string of the molecule is CC(C)C[C@H](C(=O)NCCCCN=C(N)N)[C@@H](NO)C1CC1.CC(C)C[C@H](NC(=O)c1cc2ccccc2o1)C(=O)C[C@H]1CCCN(S(=O)(=O)c2ccccn2)CC1=O.C[C@@H](Cc1c[nH]c2ccccc12)C(=O)NCC(=O)OCC(=O)N1CCCc2ccccc21.N#CN1CCC(NS(=O)(=O)c2ccccc2)C1.N#Cc1nc(NCc2cccc(-c3ccc4c(c3)C=CC4)c2)c2ncn(CCCO)c2n1.O=C=O. The summed E-state index contributed by atoms with van der Waals surface area (Å²) in [6.07, 6.45) is 22.0. The van der Waals surface area contributed by atoms with E-state index in [-0.39, 0.29) is 132 Å². The van der Waals surface area contributed by atoms with Crippen molar-refractivity contribution in [3.63, 3.8) is 0 Å². The third kappa shape index (κ3) is 32.0. The van der Waals surface area contributed by atoms with E-state index < -0.39 is 43.9 Å². The average molecular weight is 1990 g/mol. The van der Waals surface area contributed by atoms with Crippen LogP contribution in [0.2, 0.25) is 0 Å². The number of para-hydroxylation sites is 3. The number of Topliss-reactive ketones (excluding diaryl/α,β-unsaturated/α-hetero) is 2. The molecule has 2 aliphatic carbocycles. The number of nitrogens with zero attached hydrogens (tertiary/aromatic N) is 11. The Morgan fingerprint density at radius 3 is 2.22 bits per heavy atom. The number of hydroxylamine groups is 1. The quantitative estimate of drug-likeness (QED) is 0.00430. The molecule has 3 aliphatic heterocycles. The highest BCUT2D eigenvalue weighted by molar-refractivity contribution is 7.89. The smallest absolute Gasteiger partial charge is 0.373 e. The Kier molecular flexibility index (Phi) is 41.0. The van der Waals surface area contributed by atoms with Gasteiger partial charge in [-0.25, -0.2) is 37.0 Å². The van der Waals surface area contributed by atoms with Crippen LogP contribution in [0.25, 0.3) is 50.2 Å². The van der Waals surface area contributed by atoms with Gasteiger partial charge in [0.2, 0.25) is 27.7 Å². The lowest BCUT2D eigenvalue weighted by molar-refractivity contribution is -0.192. The van der Waals surface area contributed by atoms with Gasteiger partial charge in [0.25, 0.3) is 21.8 Å². The fourth-order valence-electron chi connectivity index (χ4n) is 17.2. The van der Waals surface area contributed by atoms with Crippen molar-refractivity contribution in [3.05, 3.63) is 234 Å². The summed E-state index contributed by atoms with van der Waals surface area (Å²) in [6, 6.07) is 53.3. The van der Waals surface area contributed by atoms with Crippen LogP contribution in [0, 0.1) is 58.3 Å². The van der Waals surface area contributed by atoms with E-state index in [1.807, 2.05) is 111 Å². The van der Waals surface area contributed by atoms with Gasteiger partial charge in [0.15, 0.2) is 58.1 Å². The normalized spacial score (nSPS) is 15.6. The first kappa shape index (κ1) is 109. The van der Waals surface area contributed by atoms with Crippen molar-refractivity contribution in [2.45, 2.75) is 172 Å². The van der Waals surface area contributed by atoms with Crippen LogP contribution in [-0.4, -0.2) is 203 Å². The number of nitrogens with two attached hydrogens (primary N) is 2. The molecule has 1 saturated carbocycles. The van der Waals surface area contributed by atoms with Crippen LogP contribution in [0.15, 0.2) is 214 Å². The standard InChI is InChI=1S/C27H31N3O6S.C25H22N6O.C25H27N3O4.C15H31N5O2.C11H13N3O2S.CO2/c1-18(2)14-21(29-27(33)25-16-20-8-3-4-10-24(20)36-25)22(31)15-19-9-7-13-30(17-23(19)32)37(34,35)26-11-5-6-12-28-26;26-14-22-29-24(23-25(30-22)31(16-28-23)10-3-11-32)27-15-17-4-1-6-19(12-17)21-9-8-18-5-2-7-20(18)13-21;1-17(13-19-14-26-21-10-4-3-9-20(19)21)25(31)27-15-24(30)32-16-23(29)28-12-6-8-18-7-2-5-11-22(18)28;1-10(2)9-12(13(20-22)11-5-6-11)14(21)18-7-3-4-8-19-15(16)17;12-9-14-7-6-10(8-14)13-17(15,16)11-4-2-1-3-5-11;2-1-3/h3-6,8,10-12,16,18-19,21H,7,9,13-15,17H2,1-2H3,(H,29,33);1-2,4,6-9,12-13,16,32H,3,5,10-11,15H2,(H,27,29,30);2-5,7,9-11,14,17,26H,6,8,12-13,15-16H2,1H3,(H,27,31);10-13,20,22H,3-9H2,1-2H3,(H,18,21)(H4,16,17,19);1-5,10,13H,6-8H2;/t19-,21+;;17-;12-,13-;;/m1.00../s1. The number of likely N-dealkylation sites (tertiary alicyclic amines) is 1. The molecule has 39 heteroatoms. The zero-order valence-corrected chi connectivity index (χ0v) is 82.4. The summed E-state index contributed by atoms with van der Waals surface area (Å²) >= 11 is 0. The highest BCUT2D eigenvalue weighted by atomic mass is 32.2. The number of carbonyl (C=O) groups excluding carboxylic acids is 9. The number of unbranched alkanes of at least 4 members (excludes halogenated alkanes) is 1. The molecule has 6 aromatic carbocycles. The molecule has 3 fully saturated rings. The van der Waals surface area contributed by atoms with Gasteiger partial charge in [-0.15, -0.1) is 0 Å². The number of furan rings is 1. The van der Waals surface area contributed by atoms with Gasteiger partial charge >= 0.3 is 12.1 Å². The highest BCUT2D eigenvalue weighted by Crippen LogP contribution is 2.38. The molecule has 16 rings (SSSR count). The van der Waals surface area contributed by atoms with Crippen LogP contribution < -0.4 is 47.8 Å². The van der Waals surface area contributed by atoms with Crippen LogP contribution in [0.3, 0.4) is 0 Å². The number of benzene rings is 6. The largest absolute Gasteiger partial charge is 0.454 e. The molecule has 754 valence electrons. The summed E-state index contributed by atoms with van der Waals surface area (Å²) in [6.45, 7) is 13.2. The minimum absolute atomic E-state index is 0.0222. The van der Waals surface area contributed by atoms with Gasteiger partial charge in [-0.05, 0) is 207 Å². The zero-order valence-electron chi connectivity index (χ0n) is 80.7. The predicted molar refractivity (Wildman–Crippen MR) is 538 cm³/mol. The highest BCUT2D eigenvalue weighted by Gasteiger charge is 2.41. The van der Waals surface area contributed by atoms with Crippen molar-refractivity contribution >= 4 is 124 Å². The summed E-state index contributed by atoms with van der Waals surface area (Å²) in [4.78, 5) is 133. The molecule has 5 aromatic heterocycles. The number of hydrogen-bond acceptors (Lipinski definition) is 27. The van der Waals surface area contributed by atoms with E-state index in [1.165, 1.54) is 29.0 Å². The second-order valence-electron chi connectivity index (χ2n) is 36.3. The third-order valence-corrected chi connectivity index (χ3v) is 27.9. The van der Waals surface area contributed by atoms with E-state index in [4.69, 9.17) is 40.6 Å². The topological polar surface area (TPSA) is 551 Å². The van der Waals surface area contributed by atoms with Crippen LogP contribution in [-0.2, 0) is 95.5 Å². The lowest BCUT2D eigenvalue weighted by Gasteiger charge is -2.29. The number of imidazole rings is 1. The number of sulfonamides is 2. The molecule has 37 nitrogen and oxygen atoms in total. The van der Waals surface area contributed by atoms with Gasteiger partial charge in [0.1, 0.15) is 18.2 Å². The van der Waals surface area contributed by atoms with E-state index in [9.17, 15) is 60.9 Å². The molecule has 5 aliphatic rings. The monoisotopic (exact) mass is 1990 g/mol. The van der Waals surface area contributed by atoms with Crippen LogP contribution in [0.1, 0.15) is 156 Å². The Morgan fingerprint density at radius 2 is 1.50 bits per heavy atom. The fraction of sp³-hybridized carbons (Fsp3) is 0.394. The van der Waals surface area contributed by atoms with Crippen molar-refractivity contribution in [2.24, 2.45) is 52.0 Å². The van der Waals surface area contributed by atoms with E-state index in [1.54, 1.807) is 70.7 Å². The Balaban J connectivity index is 0.000000173. The number of aromatic nitrogens is 6. The summed E-state index contributed by atoms with van der Waals surface area (Å²) < 4.78 is 66.2. The maximum absolute atomic E-state index is 13.3. The van der Waals surface area contributed by atoms with Gasteiger partial charge in [-0.3, -0.25) is 38.6 Å². The summed E-state index contributed by atoms with van der Waals surface area (Å²) in [5.74, 6) is -1.48. The molecular formula is C104H124N20O17S2. The first-order valence-corrected chi connectivity index (χ1v) is 50.8. The van der Waals surface area contributed by atoms with Crippen LogP contribution in [0.5, 0.6) is 0 Å². The molecule has 13 N–H and O–H groups in total. The maximum Gasteiger partial charge on any atom is 0.373 e. The number of guanidine groups is 1. The Bertz CT molecular complexity index is 6570. The molecular weight excluding hydrogens is 1870 g/mol. The molecule has 0 bridgehead atoms. The second kappa shape index (κ2) is 53.9. The summed E-state index contributed by atoms with van der Waals surface area (Å²) in [7, 11) is -7.37. The number of H-pyrrole nitrogens is 1. The number of amides is 4. The number of nitrogens with one attached hydrogen (secondary N) is 7. The molecule has 0 radical (unpaired) electrons. The van der Waals surface area contributed by atoms with Gasteiger partial charge in [0.05, 0.1) is 29.7 Å². The number of anilines is 2. The second-order valence-corrected chi connectivity index (χ2v) is 39.9. The lowest BCUT2D eigenvalue weighted by atomic mass is 9.87. The predicted octanol–water partition coefficient (Wildman–Crippen LogP) is 11.0. The molecule has 1 unspecified atom stereocenters. The van der Waals surface area contributed by atoms with Crippen molar-refractivity contribution in [1.82, 2.24) is 64.8 Å². The number of aryl methyl sites for hydroxylation is 2. The fourth-order valence-corrected chi connectivity index (χ4v) is 19.9. The first-order valence-electron chi connectivity index (χ1n) is 47.8. The zero-order chi connectivity index (χ0) is 103. The number of ketones is 2. The maximum atomic E-state index is 13.3. The van der Waals surface area contributed by atoms with Crippen molar-refractivity contribution < 1.29 is 79.5 Å². The number of hydrogen-bond donors (Lipinski definition) is 11. The minimum Gasteiger partial charge on any atom is -0.454 e. The molecule has 6 atom stereocenters. The number of esters is 1. The van der Waals surface area contributed by atoms with Crippen LogP contribution >= 0.6 is 0 Å². The van der Waals surface area contributed by atoms with E-state index >= 15 is 0 Å². The molecule has 11 aromatic rings. The molecule has 8 heterocycles. The van der Waals surface area contributed by atoms with E-state index in [0.717, 1.165) is 99.9 Å². The van der Waals surface area contributed by atoms with E-state index in [0.29, 0.717) is 119 Å². The number of rotatable bonds is 37. The number of aliphatic imine (C=N–C) groups is 1. The number of pyridine rings is 1. The van der Waals surface area contributed by atoms with E-state index in [2.05, 4.69) is 130 Å². The number of ether oxygens (including phenoxy) is 1. The van der Waals surface area contributed by atoms with Crippen molar-refractivity contribution in [1.29, 1.82) is 10.5 Å². The number of nitriles is 2. The van der Waals surface area contributed by atoms with Crippen molar-refractivity contribution in [2.75, 3.05) is 75.8 Å². The number of carbonyl (C=O) groups is 7. The van der Waals surface area contributed by atoms with Crippen LogP contribution in [0.4, 0.5) is 11.5 Å². The average Bonchev–Trinajstić information content (AvgIpc) is 1.63. The van der Waals surface area contributed by atoms with Gasteiger partial charge in [-0.2, -0.15) is 34.4 Å². The molecule has 2 saturated heterocycles. The number of aliphatic hydroxyl groups is 1.